The van der Waals surface area contributed by atoms with Gasteiger partial charge in [0.25, 0.3) is 0 Å². The van der Waals surface area contributed by atoms with Gasteiger partial charge in [0.05, 0.1) is 5.39 Å². The molecule has 0 unspecified atom stereocenters. The average Bonchev–Trinajstić information content (AvgIpc) is 3.06. The monoisotopic (exact) mass is 383 g/mol. The fourth-order valence-corrected chi connectivity index (χ4v) is 4.01. The molecule has 26 heavy (non-hydrogen) atoms. The van der Waals surface area contributed by atoms with E-state index in [1.54, 1.807) is 12.1 Å². The molecule has 2 aromatic heterocycles. The van der Waals surface area contributed by atoms with Crippen molar-refractivity contribution in [2.24, 2.45) is 0 Å². The van der Waals surface area contributed by atoms with Crippen LogP contribution in [0.2, 0.25) is 5.28 Å². The molecule has 6 heteroatoms. The molecule has 0 bridgehead atoms. The predicted molar refractivity (Wildman–Crippen MR) is 107 cm³/mol. The summed E-state index contributed by atoms with van der Waals surface area (Å²) in [5, 5.41) is 6.27. The lowest BCUT2D eigenvalue weighted by Gasteiger charge is -2.09. The Kier molecular flexibility index (Phi) is 4.57. The maximum atomic E-state index is 13.5. The normalized spacial score (nSPS) is 11.0. The van der Waals surface area contributed by atoms with Crippen LogP contribution in [0.4, 0.5) is 15.9 Å². The third-order valence-corrected chi connectivity index (χ3v) is 5.21. The lowest BCUT2D eigenvalue weighted by molar-refractivity contribution is 0.628. The Labute approximate surface area is 159 Å². The second-order valence-electron chi connectivity index (χ2n) is 5.86. The van der Waals surface area contributed by atoms with Gasteiger partial charge in [-0.1, -0.05) is 37.3 Å². The number of hydrogen-bond acceptors (Lipinski definition) is 4. The molecule has 0 aliphatic rings. The Morgan fingerprint density at radius 1 is 1.12 bits per heavy atom. The fraction of sp³-hybridized carbons (Fsp3) is 0.100. The largest absolute Gasteiger partial charge is 0.339 e. The third kappa shape index (κ3) is 3.28. The number of rotatable bonds is 4. The first-order valence-electron chi connectivity index (χ1n) is 8.20. The van der Waals surface area contributed by atoms with Crippen molar-refractivity contribution < 1.29 is 4.39 Å². The van der Waals surface area contributed by atoms with E-state index in [9.17, 15) is 4.39 Å². The second-order valence-corrected chi connectivity index (χ2v) is 7.05. The van der Waals surface area contributed by atoms with E-state index in [1.807, 2.05) is 5.38 Å². The number of fused-ring (bicyclic) bond motifs is 1. The van der Waals surface area contributed by atoms with Crippen molar-refractivity contribution >= 4 is 44.7 Å². The van der Waals surface area contributed by atoms with Crippen LogP contribution >= 0.6 is 22.9 Å². The van der Waals surface area contributed by atoms with Gasteiger partial charge in [0.1, 0.15) is 16.5 Å². The standard InChI is InChI=1S/C20H15ClFN3S/c1-2-12-6-8-13(9-7-12)16-11-26-19-17(16)18(24-20(21)25-19)23-15-5-3-4-14(22)10-15/h3-11H,2H2,1H3,(H,23,24,25). The molecule has 0 radical (unpaired) electrons. The van der Waals surface area contributed by atoms with E-state index in [0.717, 1.165) is 27.8 Å². The van der Waals surface area contributed by atoms with Gasteiger partial charge >= 0.3 is 0 Å². The lowest BCUT2D eigenvalue weighted by Crippen LogP contribution is -1.97. The molecule has 4 rings (SSSR count). The van der Waals surface area contributed by atoms with Crippen molar-refractivity contribution in [2.45, 2.75) is 13.3 Å². The third-order valence-electron chi connectivity index (χ3n) is 4.17. The Morgan fingerprint density at radius 3 is 2.65 bits per heavy atom. The first-order valence-corrected chi connectivity index (χ1v) is 9.46. The van der Waals surface area contributed by atoms with Crippen molar-refractivity contribution in [2.75, 3.05) is 5.32 Å². The van der Waals surface area contributed by atoms with Gasteiger partial charge in [-0.3, -0.25) is 0 Å². The number of anilines is 2. The summed E-state index contributed by atoms with van der Waals surface area (Å²) in [4.78, 5) is 9.47. The Morgan fingerprint density at radius 2 is 1.92 bits per heavy atom. The van der Waals surface area contributed by atoms with Gasteiger partial charge in [0.15, 0.2) is 0 Å². The number of hydrogen-bond donors (Lipinski definition) is 1. The zero-order valence-electron chi connectivity index (χ0n) is 14.0. The molecule has 0 fully saturated rings. The zero-order valence-corrected chi connectivity index (χ0v) is 15.5. The molecule has 3 nitrogen and oxygen atoms in total. The molecule has 0 aliphatic heterocycles. The summed E-state index contributed by atoms with van der Waals surface area (Å²) in [6.07, 6.45) is 0.996. The highest BCUT2D eigenvalue weighted by Crippen LogP contribution is 2.38. The van der Waals surface area contributed by atoms with Crippen LogP contribution in [-0.2, 0) is 6.42 Å². The van der Waals surface area contributed by atoms with Crippen LogP contribution in [0, 0.1) is 5.82 Å². The fourth-order valence-electron chi connectivity index (χ4n) is 2.84. The minimum Gasteiger partial charge on any atom is -0.339 e. The Hall–Kier alpha value is -2.50. The van der Waals surface area contributed by atoms with E-state index < -0.39 is 0 Å². The van der Waals surface area contributed by atoms with E-state index in [4.69, 9.17) is 11.6 Å². The van der Waals surface area contributed by atoms with Crippen LogP contribution in [0.1, 0.15) is 12.5 Å². The van der Waals surface area contributed by atoms with Crippen LogP contribution in [-0.4, -0.2) is 9.97 Å². The SMILES string of the molecule is CCc1ccc(-c2csc3nc(Cl)nc(Nc4cccc(F)c4)c23)cc1. The molecule has 0 saturated heterocycles. The highest BCUT2D eigenvalue weighted by molar-refractivity contribution is 7.17. The van der Waals surface area contributed by atoms with Crippen molar-refractivity contribution in [1.29, 1.82) is 0 Å². The number of nitrogens with zero attached hydrogens (tertiary/aromatic N) is 2. The number of benzene rings is 2. The Balaban J connectivity index is 1.84. The summed E-state index contributed by atoms with van der Waals surface area (Å²) in [6, 6.07) is 14.7. The van der Waals surface area contributed by atoms with Gasteiger partial charge in [-0.15, -0.1) is 11.3 Å². The van der Waals surface area contributed by atoms with Crippen LogP contribution in [0.5, 0.6) is 0 Å². The van der Waals surface area contributed by atoms with Gasteiger partial charge in [0.2, 0.25) is 5.28 Å². The smallest absolute Gasteiger partial charge is 0.225 e. The summed E-state index contributed by atoms with van der Waals surface area (Å²) >= 11 is 7.60. The minimum absolute atomic E-state index is 0.158. The summed E-state index contributed by atoms with van der Waals surface area (Å²) in [7, 11) is 0. The zero-order chi connectivity index (χ0) is 18.1. The summed E-state index contributed by atoms with van der Waals surface area (Å²) < 4.78 is 13.5. The summed E-state index contributed by atoms with van der Waals surface area (Å²) in [5.74, 6) is 0.258. The molecule has 0 spiro atoms. The quantitative estimate of drug-likeness (QED) is 0.411. The maximum absolute atomic E-state index is 13.5. The summed E-state index contributed by atoms with van der Waals surface area (Å²) in [5.41, 5.74) is 4.01. The molecular weight excluding hydrogens is 369 g/mol. The van der Waals surface area contributed by atoms with E-state index >= 15 is 0 Å². The number of halogens is 2. The maximum Gasteiger partial charge on any atom is 0.225 e. The molecule has 1 N–H and O–H groups in total. The van der Waals surface area contributed by atoms with E-state index in [1.165, 1.54) is 29.0 Å². The first-order chi connectivity index (χ1) is 12.6. The first kappa shape index (κ1) is 16.9. The lowest BCUT2D eigenvalue weighted by atomic mass is 10.0. The number of nitrogens with one attached hydrogen (secondary N) is 1. The van der Waals surface area contributed by atoms with Crippen molar-refractivity contribution in [3.63, 3.8) is 0 Å². The molecule has 130 valence electrons. The topological polar surface area (TPSA) is 37.8 Å². The molecule has 0 amide bonds. The molecule has 0 aliphatic carbocycles. The van der Waals surface area contributed by atoms with Crippen molar-refractivity contribution in [3.05, 3.63) is 70.6 Å². The van der Waals surface area contributed by atoms with Crippen LogP contribution in [0.15, 0.2) is 53.9 Å². The van der Waals surface area contributed by atoms with Gasteiger partial charge in [-0.2, -0.15) is 4.98 Å². The van der Waals surface area contributed by atoms with E-state index in [0.29, 0.717) is 11.5 Å². The van der Waals surface area contributed by atoms with Crippen LogP contribution < -0.4 is 5.32 Å². The number of thiophene rings is 1. The second kappa shape index (κ2) is 7.02. The van der Waals surface area contributed by atoms with Gasteiger partial charge in [-0.05, 0) is 47.3 Å². The molecular formula is C20H15ClFN3S. The van der Waals surface area contributed by atoms with Crippen molar-refractivity contribution in [1.82, 2.24) is 9.97 Å². The molecule has 2 heterocycles. The molecule has 2 aromatic carbocycles. The summed E-state index contributed by atoms with van der Waals surface area (Å²) in [6.45, 7) is 2.13. The van der Waals surface area contributed by atoms with Crippen LogP contribution in [0.25, 0.3) is 21.3 Å². The number of aryl methyl sites for hydroxylation is 1. The van der Waals surface area contributed by atoms with E-state index in [2.05, 4.69) is 46.5 Å². The molecule has 0 atom stereocenters. The average molecular weight is 384 g/mol. The van der Waals surface area contributed by atoms with Gasteiger partial charge < -0.3 is 5.32 Å². The predicted octanol–water partition coefficient (Wildman–Crippen LogP) is 6.46. The van der Waals surface area contributed by atoms with Crippen molar-refractivity contribution in [3.8, 4) is 11.1 Å². The van der Waals surface area contributed by atoms with Gasteiger partial charge in [0, 0.05) is 16.6 Å². The molecule has 4 aromatic rings. The van der Waals surface area contributed by atoms with Crippen LogP contribution in [0.3, 0.4) is 0 Å². The van der Waals surface area contributed by atoms with E-state index in [-0.39, 0.29) is 11.1 Å². The Bertz CT molecular complexity index is 1080. The number of aromatic nitrogens is 2. The highest BCUT2D eigenvalue weighted by Gasteiger charge is 2.15. The van der Waals surface area contributed by atoms with Gasteiger partial charge in [-0.25, -0.2) is 9.37 Å². The molecule has 0 saturated carbocycles. The minimum atomic E-state index is -0.313. The highest BCUT2D eigenvalue weighted by atomic mass is 35.5.